The second-order valence-corrected chi connectivity index (χ2v) is 6.88. The molecule has 1 aliphatic rings. The lowest BCUT2D eigenvalue weighted by atomic mass is 9.80. The molecule has 1 aliphatic carbocycles. The number of hydrogen-bond donors (Lipinski definition) is 1. The van der Waals surface area contributed by atoms with E-state index in [2.05, 4.69) is 41.3 Å². The Morgan fingerprint density at radius 1 is 1.60 bits per heavy atom. The minimum Gasteiger partial charge on any atom is -0.312 e. The van der Waals surface area contributed by atoms with E-state index in [-0.39, 0.29) is 0 Å². The molecule has 0 radical (unpaired) electrons. The first-order chi connectivity index (χ1) is 7.20. The molecule has 0 aromatic carbocycles. The Hall–Kier alpha value is 0.140. The first-order valence-corrected chi connectivity index (χ1v) is 7.24. The van der Waals surface area contributed by atoms with Gasteiger partial charge in [-0.25, -0.2) is 0 Å². The van der Waals surface area contributed by atoms with Crippen LogP contribution in [-0.4, -0.2) is 7.05 Å². The molecule has 15 heavy (non-hydrogen) atoms. The highest BCUT2D eigenvalue weighted by molar-refractivity contribution is 9.11. The van der Waals surface area contributed by atoms with Crippen molar-refractivity contribution in [3.8, 4) is 0 Å². The average Bonchev–Trinajstić information content (AvgIpc) is 2.45. The van der Waals surface area contributed by atoms with Gasteiger partial charge in [0.2, 0.25) is 0 Å². The normalized spacial score (nSPS) is 18.9. The Balaban J connectivity index is 2.04. The third-order valence-corrected chi connectivity index (χ3v) is 5.61. The topological polar surface area (TPSA) is 12.0 Å². The monoisotopic (exact) mass is 287 g/mol. The molecule has 1 unspecified atom stereocenters. The van der Waals surface area contributed by atoms with E-state index in [9.17, 15) is 0 Å². The van der Waals surface area contributed by atoms with Gasteiger partial charge in [-0.05, 0) is 53.9 Å². The van der Waals surface area contributed by atoms with E-state index in [1.54, 1.807) is 0 Å². The van der Waals surface area contributed by atoms with E-state index >= 15 is 0 Å². The van der Waals surface area contributed by atoms with Gasteiger partial charge in [-0.1, -0.05) is 19.3 Å². The molecule has 1 atom stereocenters. The molecule has 0 spiro atoms. The summed E-state index contributed by atoms with van der Waals surface area (Å²) in [5, 5.41) is 3.45. The maximum atomic E-state index is 3.60. The van der Waals surface area contributed by atoms with E-state index < -0.39 is 0 Å². The quantitative estimate of drug-likeness (QED) is 0.872. The highest BCUT2D eigenvalue weighted by atomic mass is 79.9. The van der Waals surface area contributed by atoms with E-state index in [4.69, 9.17) is 0 Å². The summed E-state index contributed by atoms with van der Waals surface area (Å²) in [7, 11) is 2.08. The fraction of sp³-hybridized carbons (Fsp3) is 0.667. The van der Waals surface area contributed by atoms with Crippen LogP contribution in [0.15, 0.2) is 9.85 Å². The van der Waals surface area contributed by atoms with Crippen molar-refractivity contribution in [1.82, 2.24) is 5.32 Å². The van der Waals surface area contributed by atoms with Crippen LogP contribution in [0.25, 0.3) is 0 Å². The Morgan fingerprint density at radius 3 is 2.73 bits per heavy atom. The molecule has 0 aliphatic heterocycles. The van der Waals surface area contributed by atoms with Gasteiger partial charge < -0.3 is 5.32 Å². The molecular formula is C12H18BrNS. The Bertz CT molecular complexity index is 311. The Labute approximate surface area is 104 Å². The molecular weight excluding hydrogens is 270 g/mol. The zero-order chi connectivity index (χ0) is 10.8. The third kappa shape index (κ3) is 2.63. The second kappa shape index (κ2) is 4.98. The number of halogens is 1. The number of hydrogen-bond acceptors (Lipinski definition) is 2. The molecule has 1 N–H and O–H groups in total. The highest BCUT2D eigenvalue weighted by Gasteiger charge is 2.23. The van der Waals surface area contributed by atoms with Gasteiger partial charge in [0.15, 0.2) is 0 Å². The number of nitrogens with one attached hydrogen (secondary N) is 1. The molecule has 84 valence electrons. The van der Waals surface area contributed by atoms with Crippen molar-refractivity contribution in [2.45, 2.75) is 38.6 Å². The molecule has 1 aromatic heterocycles. The zero-order valence-electron chi connectivity index (χ0n) is 9.35. The van der Waals surface area contributed by atoms with Crippen molar-refractivity contribution < 1.29 is 0 Å². The summed E-state index contributed by atoms with van der Waals surface area (Å²) in [6.45, 7) is 2.17. The summed E-state index contributed by atoms with van der Waals surface area (Å²) >= 11 is 5.48. The second-order valence-electron chi connectivity index (χ2n) is 4.48. The lowest BCUT2D eigenvalue weighted by Gasteiger charge is -2.29. The molecule has 0 amide bonds. The van der Waals surface area contributed by atoms with E-state index in [1.807, 2.05) is 11.3 Å². The number of thiophene rings is 1. The van der Waals surface area contributed by atoms with Crippen molar-refractivity contribution in [2.75, 3.05) is 7.05 Å². The molecule has 1 saturated carbocycles. The highest BCUT2D eigenvalue weighted by Crippen LogP contribution is 2.38. The van der Waals surface area contributed by atoms with Gasteiger partial charge in [-0.2, -0.15) is 0 Å². The van der Waals surface area contributed by atoms with E-state index in [0.717, 1.165) is 5.92 Å². The van der Waals surface area contributed by atoms with E-state index in [0.29, 0.717) is 6.04 Å². The van der Waals surface area contributed by atoms with Crippen molar-refractivity contribution in [2.24, 2.45) is 5.92 Å². The van der Waals surface area contributed by atoms with Crippen LogP contribution in [0, 0.1) is 12.8 Å². The predicted molar refractivity (Wildman–Crippen MR) is 70.5 cm³/mol. The molecule has 0 saturated heterocycles. The van der Waals surface area contributed by atoms with Crippen LogP contribution in [0.4, 0.5) is 0 Å². The van der Waals surface area contributed by atoms with Crippen molar-refractivity contribution in [1.29, 1.82) is 0 Å². The summed E-state index contributed by atoms with van der Waals surface area (Å²) in [6.07, 6.45) is 5.62. The molecule has 1 aromatic rings. The standard InChI is InChI=1S/C12H18BrNS/c1-8-6-11(15-12(8)13)10(14-2)7-9-4-3-5-9/h6,9-10,14H,3-5,7H2,1-2H3. The summed E-state index contributed by atoms with van der Waals surface area (Å²) in [4.78, 5) is 1.48. The third-order valence-electron chi connectivity index (χ3n) is 3.36. The first kappa shape index (κ1) is 11.6. The van der Waals surface area contributed by atoms with Crippen LogP contribution < -0.4 is 5.32 Å². The van der Waals surface area contributed by atoms with Crippen LogP contribution in [0.2, 0.25) is 0 Å². The molecule has 2 rings (SSSR count). The summed E-state index contributed by atoms with van der Waals surface area (Å²) in [6, 6.07) is 2.87. The maximum Gasteiger partial charge on any atom is 0.0731 e. The number of aryl methyl sites for hydroxylation is 1. The molecule has 1 nitrogen and oxygen atoms in total. The summed E-state index contributed by atoms with van der Waals surface area (Å²) in [5.74, 6) is 0.962. The van der Waals surface area contributed by atoms with Crippen LogP contribution in [-0.2, 0) is 0 Å². The van der Waals surface area contributed by atoms with Crippen LogP contribution >= 0.6 is 27.3 Å². The van der Waals surface area contributed by atoms with Crippen molar-refractivity contribution in [3.63, 3.8) is 0 Å². The van der Waals surface area contributed by atoms with Crippen molar-refractivity contribution >= 4 is 27.3 Å². The lowest BCUT2D eigenvalue weighted by Crippen LogP contribution is -2.22. The van der Waals surface area contributed by atoms with Gasteiger partial charge >= 0.3 is 0 Å². The lowest BCUT2D eigenvalue weighted by molar-refractivity contribution is 0.267. The average molecular weight is 288 g/mol. The van der Waals surface area contributed by atoms with Gasteiger partial charge in [0, 0.05) is 10.9 Å². The summed E-state index contributed by atoms with van der Waals surface area (Å²) < 4.78 is 1.28. The minimum atomic E-state index is 0.560. The van der Waals surface area contributed by atoms with Gasteiger partial charge in [0.1, 0.15) is 0 Å². The van der Waals surface area contributed by atoms with E-state index in [1.165, 1.54) is 39.9 Å². The van der Waals surface area contributed by atoms with Gasteiger partial charge in [0.05, 0.1) is 3.79 Å². The Morgan fingerprint density at radius 2 is 2.33 bits per heavy atom. The molecule has 3 heteroatoms. The van der Waals surface area contributed by atoms with Crippen molar-refractivity contribution in [3.05, 3.63) is 20.3 Å². The van der Waals surface area contributed by atoms with Crippen LogP contribution in [0.1, 0.15) is 42.2 Å². The summed E-state index contributed by atoms with van der Waals surface area (Å²) in [5.41, 5.74) is 1.36. The largest absolute Gasteiger partial charge is 0.312 e. The van der Waals surface area contributed by atoms with Gasteiger partial charge in [0.25, 0.3) is 0 Å². The first-order valence-electron chi connectivity index (χ1n) is 5.63. The van der Waals surface area contributed by atoms with Crippen LogP contribution in [0.5, 0.6) is 0 Å². The SMILES string of the molecule is CNC(CC1CCC1)c1cc(C)c(Br)s1. The fourth-order valence-corrected chi connectivity index (χ4v) is 3.79. The predicted octanol–water partition coefficient (Wildman–Crippen LogP) is 4.27. The van der Waals surface area contributed by atoms with Gasteiger partial charge in [-0.3, -0.25) is 0 Å². The maximum absolute atomic E-state index is 3.60. The molecule has 0 bridgehead atoms. The smallest absolute Gasteiger partial charge is 0.0731 e. The molecule has 1 heterocycles. The zero-order valence-corrected chi connectivity index (χ0v) is 11.7. The minimum absolute atomic E-state index is 0.560. The fourth-order valence-electron chi connectivity index (χ4n) is 2.09. The number of rotatable bonds is 4. The van der Waals surface area contributed by atoms with Gasteiger partial charge in [-0.15, -0.1) is 11.3 Å². The molecule has 1 fully saturated rings. The van der Waals surface area contributed by atoms with Crippen LogP contribution in [0.3, 0.4) is 0 Å². The Kier molecular flexibility index (Phi) is 3.86.